The monoisotopic (exact) mass is 516 g/mol. The number of hydrogen-bond donors (Lipinski definition) is 0. The number of halogens is 2. The number of nitrogens with zero attached hydrogens (tertiary/aromatic N) is 4. The number of rotatable bonds is 6. The van der Waals surface area contributed by atoms with Crippen LogP contribution in [-0.4, -0.2) is 22.5 Å². The highest BCUT2D eigenvalue weighted by atomic mass is 79.9. The molecule has 1 atom stereocenters. The van der Waals surface area contributed by atoms with Gasteiger partial charge in [0.15, 0.2) is 6.61 Å². The number of hydrogen-bond acceptors (Lipinski definition) is 5. The van der Waals surface area contributed by atoms with Crippen molar-refractivity contribution in [2.24, 2.45) is 5.10 Å². The van der Waals surface area contributed by atoms with Gasteiger partial charge >= 0.3 is 0 Å². The quantitative estimate of drug-likeness (QED) is 0.420. The predicted molar refractivity (Wildman–Crippen MR) is 121 cm³/mol. The average molecular weight is 518 g/mol. The minimum atomic E-state index is -0.239. The zero-order valence-corrected chi connectivity index (χ0v) is 19.1. The van der Waals surface area contributed by atoms with E-state index in [1.165, 1.54) is 4.68 Å². The Balaban J connectivity index is 2.17. The van der Waals surface area contributed by atoms with Crippen LogP contribution in [0.4, 0.5) is 0 Å². The second-order valence-corrected chi connectivity index (χ2v) is 8.26. The van der Waals surface area contributed by atoms with E-state index in [0.29, 0.717) is 28.0 Å². The lowest BCUT2D eigenvalue weighted by Crippen LogP contribution is -2.23. The van der Waals surface area contributed by atoms with Gasteiger partial charge in [-0.3, -0.25) is 4.79 Å². The molecule has 2 aromatic carbocycles. The molecule has 0 amide bonds. The Morgan fingerprint density at radius 1 is 1.28 bits per heavy atom. The van der Waals surface area contributed by atoms with Crippen LogP contribution < -0.4 is 10.3 Å². The van der Waals surface area contributed by atoms with Gasteiger partial charge in [-0.25, -0.2) is 4.98 Å². The van der Waals surface area contributed by atoms with E-state index in [0.717, 1.165) is 15.4 Å². The van der Waals surface area contributed by atoms with Crippen molar-refractivity contribution in [2.75, 3.05) is 6.61 Å². The standard InChI is InChI=1S/C21H18Br2N4O2/c1-3-13(2)20-26-18-6-4-16(23)11-17(18)21(28)27(20)25-12-14-10-15(22)5-7-19(14)29-9-8-24/h4-7,10-13H,3,9H2,1-2H3/t13-/m1/s1. The SMILES string of the molecule is CC[C@@H](C)c1nc2ccc(Br)cc2c(=O)n1N=Cc1cc(Br)ccc1OCC#N. The molecule has 3 rings (SSSR count). The zero-order chi connectivity index (χ0) is 21.0. The molecule has 0 unspecified atom stereocenters. The smallest absolute Gasteiger partial charge is 0.282 e. The van der Waals surface area contributed by atoms with E-state index in [1.54, 1.807) is 18.3 Å². The van der Waals surface area contributed by atoms with Crippen molar-refractivity contribution >= 4 is 49.0 Å². The van der Waals surface area contributed by atoms with Gasteiger partial charge in [0.1, 0.15) is 17.6 Å². The molecule has 0 saturated heterocycles. The molecule has 6 nitrogen and oxygen atoms in total. The molecular formula is C21H18Br2N4O2. The van der Waals surface area contributed by atoms with Crippen molar-refractivity contribution in [3.8, 4) is 11.8 Å². The molecule has 0 saturated carbocycles. The van der Waals surface area contributed by atoms with Crippen molar-refractivity contribution in [1.82, 2.24) is 9.66 Å². The average Bonchev–Trinajstić information content (AvgIpc) is 2.72. The van der Waals surface area contributed by atoms with Crippen LogP contribution in [0.1, 0.15) is 37.6 Å². The first-order valence-corrected chi connectivity index (χ1v) is 10.6. The number of nitriles is 1. The lowest BCUT2D eigenvalue weighted by molar-refractivity contribution is 0.367. The first kappa shape index (κ1) is 21.2. The highest BCUT2D eigenvalue weighted by molar-refractivity contribution is 9.10. The Morgan fingerprint density at radius 2 is 2.00 bits per heavy atom. The van der Waals surface area contributed by atoms with Crippen molar-refractivity contribution < 1.29 is 4.74 Å². The summed E-state index contributed by atoms with van der Waals surface area (Å²) in [5, 5.41) is 13.7. The molecule has 1 aromatic heterocycles. The van der Waals surface area contributed by atoms with Crippen LogP contribution in [0.15, 0.2) is 55.2 Å². The number of fused-ring (bicyclic) bond motifs is 1. The lowest BCUT2D eigenvalue weighted by atomic mass is 10.1. The summed E-state index contributed by atoms with van der Waals surface area (Å²) in [7, 11) is 0. The number of aromatic nitrogens is 2. The number of benzene rings is 2. The summed E-state index contributed by atoms with van der Waals surface area (Å²) in [5.74, 6) is 1.15. The second kappa shape index (κ2) is 9.33. The van der Waals surface area contributed by atoms with E-state index in [9.17, 15) is 4.79 Å². The van der Waals surface area contributed by atoms with Crippen LogP contribution >= 0.6 is 31.9 Å². The molecular weight excluding hydrogens is 500 g/mol. The third kappa shape index (κ3) is 4.74. The fourth-order valence-corrected chi connectivity index (χ4v) is 3.50. The van der Waals surface area contributed by atoms with Gasteiger partial charge in [-0.15, -0.1) is 0 Å². The van der Waals surface area contributed by atoms with Gasteiger partial charge in [-0.2, -0.15) is 15.0 Å². The molecule has 1 heterocycles. The van der Waals surface area contributed by atoms with Gasteiger partial charge in [0.2, 0.25) is 0 Å². The molecule has 0 fully saturated rings. The van der Waals surface area contributed by atoms with Crippen LogP contribution in [-0.2, 0) is 0 Å². The minimum absolute atomic E-state index is 0.0460. The molecule has 8 heteroatoms. The van der Waals surface area contributed by atoms with Gasteiger partial charge in [0.05, 0.1) is 17.1 Å². The van der Waals surface area contributed by atoms with Crippen LogP contribution in [0.2, 0.25) is 0 Å². The Kier molecular flexibility index (Phi) is 6.83. The number of ether oxygens (including phenoxy) is 1. The van der Waals surface area contributed by atoms with E-state index in [4.69, 9.17) is 15.0 Å². The van der Waals surface area contributed by atoms with Gasteiger partial charge in [-0.05, 0) is 42.8 Å². The predicted octanol–water partition coefficient (Wildman–Crippen LogP) is 5.22. The molecule has 0 spiro atoms. The van der Waals surface area contributed by atoms with Gasteiger partial charge in [-0.1, -0.05) is 45.7 Å². The van der Waals surface area contributed by atoms with Crippen LogP contribution in [0.25, 0.3) is 10.9 Å². The highest BCUT2D eigenvalue weighted by Crippen LogP contribution is 2.23. The van der Waals surface area contributed by atoms with Crippen LogP contribution in [0.3, 0.4) is 0 Å². The van der Waals surface area contributed by atoms with E-state index < -0.39 is 0 Å². The molecule has 0 aliphatic rings. The molecule has 0 aliphatic heterocycles. The van der Waals surface area contributed by atoms with Crippen LogP contribution in [0.5, 0.6) is 5.75 Å². The first-order chi connectivity index (χ1) is 13.9. The largest absolute Gasteiger partial charge is 0.478 e. The zero-order valence-electron chi connectivity index (χ0n) is 15.9. The fourth-order valence-electron chi connectivity index (χ4n) is 2.76. The third-order valence-corrected chi connectivity index (χ3v) is 5.45. The summed E-state index contributed by atoms with van der Waals surface area (Å²) in [5.41, 5.74) is 1.05. The molecule has 0 aliphatic carbocycles. The topological polar surface area (TPSA) is 80.3 Å². The lowest BCUT2D eigenvalue weighted by Gasteiger charge is -2.14. The van der Waals surface area contributed by atoms with E-state index in [-0.39, 0.29) is 18.1 Å². The van der Waals surface area contributed by atoms with Crippen molar-refractivity contribution in [1.29, 1.82) is 5.26 Å². The normalized spacial score (nSPS) is 12.2. The second-order valence-electron chi connectivity index (χ2n) is 6.43. The van der Waals surface area contributed by atoms with Crippen LogP contribution in [0, 0.1) is 11.3 Å². The van der Waals surface area contributed by atoms with Gasteiger partial charge in [0.25, 0.3) is 5.56 Å². The summed E-state index contributed by atoms with van der Waals surface area (Å²) in [6.45, 7) is 3.98. The fraction of sp³-hybridized carbons (Fsp3) is 0.238. The van der Waals surface area contributed by atoms with Crippen molar-refractivity contribution in [3.05, 3.63) is 67.1 Å². The maximum absolute atomic E-state index is 13.2. The van der Waals surface area contributed by atoms with Crippen molar-refractivity contribution in [3.63, 3.8) is 0 Å². The molecule has 0 radical (unpaired) electrons. The van der Waals surface area contributed by atoms with E-state index >= 15 is 0 Å². The summed E-state index contributed by atoms with van der Waals surface area (Å²) >= 11 is 6.83. The Hall–Kier alpha value is -2.50. The molecule has 0 N–H and O–H groups in total. The molecule has 0 bridgehead atoms. The van der Waals surface area contributed by atoms with E-state index in [2.05, 4.69) is 37.0 Å². The highest BCUT2D eigenvalue weighted by Gasteiger charge is 2.16. The Bertz CT molecular complexity index is 1180. The summed E-state index contributed by atoms with van der Waals surface area (Å²) in [4.78, 5) is 17.9. The summed E-state index contributed by atoms with van der Waals surface area (Å²) in [6, 6.07) is 12.8. The molecule has 3 aromatic rings. The minimum Gasteiger partial charge on any atom is -0.478 e. The summed E-state index contributed by atoms with van der Waals surface area (Å²) < 4.78 is 8.44. The van der Waals surface area contributed by atoms with Gasteiger partial charge < -0.3 is 4.74 Å². The van der Waals surface area contributed by atoms with Gasteiger partial charge in [0, 0.05) is 20.4 Å². The third-order valence-electron chi connectivity index (χ3n) is 4.46. The Labute approximate surface area is 185 Å². The summed E-state index contributed by atoms with van der Waals surface area (Å²) in [6.07, 6.45) is 2.37. The van der Waals surface area contributed by atoms with Crippen molar-refractivity contribution in [2.45, 2.75) is 26.2 Å². The molecule has 29 heavy (non-hydrogen) atoms. The first-order valence-electron chi connectivity index (χ1n) is 9.00. The maximum atomic E-state index is 13.2. The van der Waals surface area contributed by atoms with E-state index in [1.807, 2.05) is 44.2 Å². The molecule has 148 valence electrons. The maximum Gasteiger partial charge on any atom is 0.282 e. The Morgan fingerprint density at radius 3 is 2.72 bits per heavy atom.